The van der Waals surface area contributed by atoms with E-state index >= 15 is 0 Å². The van der Waals surface area contributed by atoms with Crippen LogP contribution >= 0.6 is 39.9 Å². The maximum absolute atomic E-state index is 12.7. The molecule has 0 N–H and O–H groups in total. The first kappa shape index (κ1) is 16.8. The van der Waals surface area contributed by atoms with Crippen molar-refractivity contribution >= 4 is 67.6 Å². The average Bonchev–Trinajstić information content (AvgIpc) is 2.83. The molecular weight excluding hydrogens is 412 g/mol. The van der Waals surface area contributed by atoms with Crippen LogP contribution in [-0.4, -0.2) is 15.2 Å². The molecule has 120 valence electrons. The maximum Gasteiger partial charge on any atom is 0.271 e. The van der Waals surface area contributed by atoms with Crippen LogP contribution in [0.5, 0.6) is 0 Å². The number of non-ortho nitro benzene ring substituents is 1. The van der Waals surface area contributed by atoms with E-state index in [1.807, 2.05) is 24.3 Å². The van der Waals surface area contributed by atoms with Crippen LogP contribution < -0.4 is 4.90 Å². The molecule has 3 rings (SSSR count). The number of hydrogen-bond donors (Lipinski definition) is 0. The Morgan fingerprint density at radius 1 is 1.21 bits per heavy atom. The summed E-state index contributed by atoms with van der Waals surface area (Å²) in [5.74, 6) is -0.291. The van der Waals surface area contributed by atoms with Crippen LogP contribution in [0.1, 0.15) is 5.56 Å². The van der Waals surface area contributed by atoms with Crippen molar-refractivity contribution in [2.24, 2.45) is 0 Å². The standard InChI is InChI=1S/C16H9BrN2O3S2/c17-13-7-2-1-4-10(13)8-14-15(20)18(16(23)24-14)11-5-3-6-12(9-11)19(21)22/h1-9H/b14-8+. The Morgan fingerprint density at radius 2 is 1.96 bits per heavy atom. The van der Waals surface area contributed by atoms with Gasteiger partial charge in [-0.05, 0) is 23.8 Å². The van der Waals surface area contributed by atoms with Gasteiger partial charge in [-0.25, -0.2) is 0 Å². The Balaban J connectivity index is 1.97. The highest BCUT2D eigenvalue weighted by molar-refractivity contribution is 9.10. The zero-order valence-electron chi connectivity index (χ0n) is 12.0. The zero-order valence-corrected chi connectivity index (χ0v) is 15.2. The number of benzene rings is 2. The summed E-state index contributed by atoms with van der Waals surface area (Å²) in [4.78, 5) is 24.9. The molecular formula is C16H9BrN2O3S2. The molecule has 0 saturated carbocycles. The van der Waals surface area contributed by atoms with E-state index in [-0.39, 0.29) is 11.6 Å². The number of nitro groups is 1. The minimum absolute atomic E-state index is 0.0867. The third-order valence-electron chi connectivity index (χ3n) is 3.28. The number of nitrogens with zero attached hydrogens (tertiary/aromatic N) is 2. The van der Waals surface area contributed by atoms with Crippen molar-refractivity contribution in [3.05, 3.63) is 73.6 Å². The molecule has 0 bridgehead atoms. The van der Waals surface area contributed by atoms with E-state index in [0.717, 1.165) is 10.0 Å². The largest absolute Gasteiger partial charge is 0.271 e. The van der Waals surface area contributed by atoms with E-state index in [0.29, 0.717) is 14.9 Å². The first-order chi connectivity index (χ1) is 11.5. The Kier molecular flexibility index (Phi) is 4.79. The number of carbonyl (C=O) groups is 1. The number of anilines is 1. The lowest BCUT2D eigenvalue weighted by molar-refractivity contribution is -0.384. The zero-order chi connectivity index (χ0) is 17.3. The van der Waals surface area contributed by atoms with Crippen LogP contribution in [0, 0.1) is 10.1 Å². The predicted molar refractivity (Wildman–Crippen MR) is 103 cm³/mol. The highest BCUT2D eigenvalue weighted by atomic mass is 79.9. The molecule has 1 heterocycles. The molecule has 0 aliphatic carbocycles. The van der Waals surface area contributed by atoms with E-state index in [1.165, 1.54) is 34.9 Å². The predicted octanol–water partition coefficient (Wildman–Crippen LogP) is 4.76. The number of thioether (sulfide) groups is 1. The Morgan fingerprint density at radius 3 is 2.67 bits per heavy atom. The summed E-state index contributed by atoms with van der Waals surface area (Å²) in [6.45, 7) is 0. The fraction of sp³-hybridized carbons (Fsp3) is 0. The summed E-state index contributed by atoms with van der Waals surface area (Å²) in [5.41, 5.74) is 1.16. The minimum Gasteiger partial charge on any atom is -0.268 e. The van der Waals surface area contributed by atoms with Gasteiger partial charge in [-0.15, -0.1) is 0 Å². The van der Waals surface area contributed by atoms with Crippen molar-refractivity contribution in [3.8, 4) is 0 Å². The molecule has 1 aliphatic rings. The van der Waals surface area contributed by atoms with Gasteiger partial charge in [-0.2, -0.15) is 0 Å². The lowest BCUT2D eigenvalue weighted by Crippen LogP contribution is -2.27. The summed E-state index contributed by atoms with van der Waals surface area (Å²) in [7, 11) is 0. The lowest BCUT2D eigenvalue weighted by Gasteiger charge is -2.13. The normalized spacial score (nSPS) is 16.0. The van der Waals surface area contributed by atoms with E-state index in [2.05, 4.69) is 15.9 Å². The van der Waals surface area contributed by atoms with Gasteiger partial charge >= 0.3 is 0 Å². The molecule has 0 atom stereocenters. The van der Waals surface area contributed by atoms with Crippen molar-refractivity contribution in [1.29, 1.82) is 0 Å². The number of amides is 1. The number of hydrogen-bond acceptors (Lipinski definition) is 5. The van der Waals surface area contributed by atoms with Crippen LogP contribution in [0.25, 0.3) is 6.08 Å². The second kappa shape index (κ2) is 6.84. The van der Waals surface area contributed by atoms with Gasteiger partial charge in [-0.3, -0.25) is 19.8 Å². The fourth-order valence-corrected chi connectivity index (χ4v) is 3.86. The Labute approximate surface area is 155 Å². The average molecular weight is 421 g/mol. The number of halogens is 1. The molecule has 1 aliphatic heterocycles. The van der Waals surface area contributed by atoms with Gasteiger partial charge in [0, 0.05) is 16.6 Å². The van der Waals surface area contributed by atoms with Crippen LogP contribution in [0.2, 0.25) is 0 Å². The molecule has 0 unspecified atom stereocenters. The second-order valence-electron chi connectivity index (χ2n) is 4.82. The third kappa shape index (κ3) is 3.26. The van der Waals surface area contributed by atoms with Crippen molar-refractivity contribution < 1.29 is 9.72 Å². The van der Waals surface area contributed by atoms with Crippen molar-refractivity contribution in [2.45, 2.75) is 0 Å². The highest BCUT2D eigenvalue weighted by Gasteiger charge is 2.34. The van der Waals surface area contributed by atoms with Crippen LogP contribution in [0.15, 0.2) is 57.9 Å². The van der Waals surface area contributed by atoms with Gasteiger partial charge in [-0.1, -0.05) is 64.2 Å². The summed E-state index contributed by atoms with van der Waals surface area (Å²) in [5, 5.41) is 10.9. The number of rotatable bonds is 3. The van der Waals surface area contributed by atoms with Crippen molar-refractivity contribution in [2.75, 3.05) is 4.90 Å². The van der Waals surface area contributed by atoms with Crippen molar-refractivity contribution in [1.82, 2.24) is 0 Å². The van der Waals surface area contributed by atoms with Gasteiger partial charge in [0.05, 0.1) is 15.5 Å². The molecule has 0 spiro atoms. The van der Waals surface area contributed by atoms with E-state index in [1.54, 1.807) is 12.1 Å². The van der Waals surface area contributed by atoms with E-state index in [9.17, 15) is 14.9 Å². The molecule has 5 nitrogen and oxygen atoms in total. The molecule has 1 amide bonds. The quantitative estimate of drug-likeness (QED) is 0.309. The molecule has 8 heteroatoms. The molecule has 0 aromatic heterocycles. The Bertz CT molecular complexity index is 898. The van der Waals surface area contributed by atoms with Crippen LogP contribution in [-0.2, 0) is 4.79 Å². The van der Waals surface area contributed by atoms with Gasteiger partial charge in [0.25, 0.3) is 11.6 Å². The first-order valence-corrected chi connectivity index (χ1v) is 8.76. The summed E-state index contributed by atoms with van der Waals surface area (Å²) in [6.07, 6.45) is 1.75. The van der Waals surface area contributed by atoms with Crippen LogP contribution in [0.4, 0.5) is 11.4 Å². The lowest BCUT2D eigenvalue weighted by atomic mass is 10.2. The third-order valence-corrected chi connectivity index (χ3v) is 5.31. The van der Waals surface area contributed by atoms with Crippen molar-refractivity contribution in [3.63, 3.8) is 0 Å². The highest BCUT2D eigenvalue weighted by Crippen LogP contribution is 2.37. The molecule has 1 saturated heterocycles. The monoisotopic (exact) mass is 420 g/mol. The first-order valence-electron chi connectivity index (χ1n) is 6.74. The molecule has 0 radical (unpaired) electrons. The number of thiocarbonyl (C=S) groups is 1. The summed E-state index contributed by atoms with van der Waals surface area (Å²) in [6, 6.07) is 13.4. The molecule has 24 heavy (non-hydrogen) atoms. The van der Waals surface area contributed by atoms with Crippen LogP contribution in [0.3, 0.4) is 0 Å². The van der Waals surface area contributed by atoms with Gasteiger partial charge < -0.3 is 0 Å². The van der Waals surface area contributed by atoms with E-state index < -0.39 is 4.92 Å². The topological polar surface area (TPSA) is 63.5 Å². The SMILES string of the molecule is O=C1/C(=C\c2ccccc2Br)SC(=S)N1c1cccc([N+](=O)[O-])c1. The summed E-state index contributed by atoms with van der Waals surface area (Å²) < 4.78 is 1.21. The van der Waals surface area contributed by atoms with Gasteiger partial charge in [0.15, 0.2) is 4.32 Å². The number of carbonyl (C=O) groups excluding carboxylic acids is 1. The van der Waals surface area contributed by atoms with E-state index in [4.69, 9.17) is 12.2 Å². The van der Waals surface area contributed by atoms with Gasteiger partial charge in [0.1, 0.15) is 0 Å². The summed E-state index contributed by atoms with van der Waals surface area (Å²) >= 11 is 9.89. The second-order valence-corrected chi connectivity index (χ2v) is 7.35. The minimum atomic E-state index is -0.502. The molecule has 2 aromatic carbocycles. The maximum atomic E-state index is 12.7. The Hall–Kier alpha value is -2.03. The number of nitro benzene ring substituents is 1. The fourth-order valence-electron chi connectivity index (χ4n) is 2.17. The smallest absolute Gasteiger partial charge is 0.268 e. The molecule has 2 aromatic rings. The molecule has 1 fully saturated rings. The van der Waals surface area contributed by atoms with Gasteiger partial charge in [0.2, 0.25) is 0 Å².